The van der Waals surface area contributed by atoms with Gasteiger partial charge in [0.15, 0.2) is 0 Å². The molecular weight excluding hydrogens is 749 g/mol. The second kappa shape index (κ2) is 16.1. The monoisotopic (exact) mass is 790 g/mol. The highest BCUT2D eigenvalue weighted by atomic mass is 15.1. The van der Waals surface area contributed by atoms with E-state index < -0.39 is 0 Å². The molecule has 11 rings (SSSR count). The van der Waals surface area contributed by atoms with Crippen LogP contribution in [0.15, 0.2) is 255 Å². The van der Waals surface area contributed by atoms with Crippen LogP contribution in [0.4, 0.5) is 17.1 Å². The van der Waals surface area contributed by atoms with Crippen LogP contribution in [0.5, 0.6) is 0 Å². The van der Waals surface area contributed by atoms with Crippen molar-refractivity contribution < 1.29 is 0 Å². The van der Waals surface area contributed by atoms with Crippen molar-refractivity contribution >= 4 is 38.9 Å². The fourth-order valence-corrected chi connectivity index (χ4v) is 9.09. The van der Waals surface area contributed by atoms with Crippen LogP contribution in [0, 0.1) is 0 Å². The Morgan fingerprint density at radius 1 is 0.258 bits per heavy atom. The molecule has 0 aliphatic rings. The molecule has 0 spiro atoms. The van der Waals surface area contributed by atoms with Crippen molar-refractivity contribution in [2.24, 2.45) is 0 Å². The van der Waals surface area contributed by atoms with Crippen molar-refractivity contribution in [2.45, 2.75) is 0 Å². The highest BCUT2D eigenvalue weighted by Gasteiger charge is 2.21. The third-order valence-electron chi connectivity index (χ3n) is 12.0. The van der Waals surface area contributed by atoms with Crippen LogP contribution in [-0.4, -0.2) is 4.57 Å². The molecule has 1 aromatic heterocycles. The number of fused-ring (bicyclic) bond motifs is 3. The molecule has 0 saturated heterocycles. The molecule has 0 aliphatic carbocycles. The zero-order valence-corrected chi connectivity index (χ0v) is 34.1. The SMILES string of the molecule is c1ccc(-c2ccc(-c3ccc(N(c4ccc(-c5cccc(-n6c7ccccc7c7ccccc76)c5-c5ccccc5)cc4)c4ccccc4-c4ccccc4)cc3)cc2)cc1. The van der Waals surface area contributed by atoms with Crippen LogP contribution < -0.4 is 4.90 Å². The lowest BCUT2D eigenvalue weighted by atomic mass is 9.92. The van der Waals surface area contributed by atoms with Gasteiger partial charge in [-0.3, -0.25) is 0 Å². The first-order valence-electron chi connectivity index (χ1n) is 21.3. The zero-order valence-electron chi connectivity index (χ0n) is 34.1. The zero-order chi connectivity index (χ0) is 41.2. The van der Waals surface area contributed by atoms with Crippen LogP contribution >= 0.6 is 0 Å². The highest BCUT2D eigenvalue weighted by Crippen LogP contribution is 2.44. The average molecular weight is 791 g/mol. The van der Waals surface area contributed by atoms with E-state index in [9.17, 15) is 0 Å². The van der Waals surface area contributed by atoms with Gasteiger partial charge < -0.3 is 9.47 Å². The lowest BCUT2D eigenvalue weighted by Crippen LogP contribution is -2.11. The fraction of sp³-hybridized carbons (Fsp3) is 0. The van der Waals surface area contributed by atoms with Gasteiger partial charge in [-0.1, -0.05) is 206 Å². The molecule has 10 aromatic carbocycles. The second-order valence-corrected chi connectivity index (χ2v) is 15.7. The Morgan fingerprint density at radius 2 is 0.645 bits per heavy atom. The van der Waals surface area contributed by atoms with Crippen LogP contribution in [-0.2, 0) is 0 Å². The molecule has 0 saturated carbocycles. The number of rotatable bonds is 9. The van der Waals surface area contributed by atoms with Crippen LogP contribution in [0.25, 0.3) is 83.1 Å². The summed E-state index contributed by atoms with van der Waals surface area (Å²) in [7, 11) is 0. The van der Waals surface area contributed by atoms with Crippen molar-refractivity contribution in [1.29, 1.82) is 0 Å². The van der Waals surface area contributed by atoms with Crippen molar-refractivity contribution in [1.82, 2.24) is 4.57 Å². The van der Waals surface area contributed by atoms with Crippen molar-refractivity contribution in [2.75, 3.05) is 4.90 Å². The van der Waals surface area contributed by atoms with E-state index in [4.69, 9.17) is 0 Å². The average Bonchev–Trinajstić information content (AvgIpc) is 3.69. The van der Waals surface area contributed by atoms with Crippen LogP contribution in [0.2, 0.25) is 0 Å². The molecule has 0 radical (unpaired) electrons. The third kappa shape index (κ3) is 6.74. The quantitative estimate of drug-likeness (QED) is 0.141. The van der Waals surface area contributed by atoms with Crippen LogP contribution in [0.1, 0.15) is 0 Å². The van der Waals surface area contributed by atoms with Gasteiger partial charge in [0, 0.05) is 33.3 Å². The summed E-state index contributed by atoms with van der Waals surface area (Å²) in [6.45, 7) is 0. The molecule has 11 aromatic rings. The summed E-state index contributed by atoms with van der Waals surface area (Å²) in [5.74, 6) is 0. The minimum absolute atomic E-state index is 1.08. The van der Waals surface area contributed by atoms with Gasteiger partial charge in [0.2, 0.25) is 0 Å². The van der Waals surface area contributed by atoms with Gasteiger partial charge in [-0.2, -0.15) is 0 Å². The number of anilines is 3. The number of para-hydroxylation sites is 3. The smallest absolute Gasteiger partial charge is 0.0546 e. The molecule has 0 amide bonds. The summed E-state index contributed by atoms with van der Waals surface area (Å²) in [4.78, 5) is 2.39. The second-order valence-electron chi connectivity index (χ2n) is 15.7. The number of nitrogens with zero attached hydrogens (tertiary/aromatic N) is 2. The number of hydrogen-bond acceptors (Lipinski definition) is 1. The minimum atomic E-state index is 1.08. The van der Waals surface area contributed by atoms with Crippen molar-refractivity contribution in [3.63, 3.8) is 0 Å². The molecule has 2 heteroatoms. The Hall–Kier alpha value is -8.20. The van der Waals surface area contributed by atoms with E-state index in [2.05, 4.69) is 264 Å². The molecule has 1 heterocycles. The van der Waals surface area contributed by atoms with E-state index in [1.54, 1.807) is 0 Å². The first-order valence-corrected chi connectivity index (χ1v) is 21.3. The lowest BCUT2D eigenvalue weighted by Gasteiger charge is -2.28. The highest BCUT2D eigenvalue weighted by molar-refractivity contribution is 6.10. The van der Waals surface area contributed by atoms with Gasteiger partial charge in [0.05, 0.1) is 22.4 Å². The van der Waals surface area contributed by atoms with Gasteiger partial charge in [-0.05, 0) is 93.0 Å². The topological polar surface area (TPSA) is 8.17 Å². The Balaban J connectivity index is 1.03. The molecular formula is C60H42N2. The predicted molar refractivity (Wildman–Crippen MR) is 263 cm³/mol. The summed E-state index contributed by atoms with van der Waals surface area (Å²) in [6.07, 6.45) is 0. The van der Waals surface area contributed by atoms with E-state index in [1.165, 1.54) is 71.9 Å². The normalized spacial score (nSPS) is 11.2. The standard InChI is InChI=1S/C60H42N2/c1-4-17-43(18-5-1)44-31-33-45(34-32-44)46-35-39-50(40-36-46)61(56-27-13-10-23-52(56)47-19-6-2-7-20-47)51-41-37-48(38-42-51)53-26-16-30-59(60(53)49-21-8-3-9-22-49)62-57-28-14-11-24-54(57)55-25-12-15-29-58(55)62/h1-42H. The first kappa shape index (κ1) is 36.8. The summed E-state index contributed by atoms with van der Waals surface area (Å²) in [5, 5.41) is 2.50. The predicted octanol–water partition coefficient (Wildman–Crippen LogP) is 16.6. The number of aromatic nitrogens is 1. The fourth-order valence-electron chi connectivity index (χ4n) is 9.09. The summed E-state index contributed by atoms with van der Waals surface area (Å²) < 4.78 is 2.44. The maximum atomic E-state index is 2.44. The Morgan fingerprint density at radius 3 is 1.21 bits per heavy atom. The van der Waals surface area contributed by atoms with Crippen LogP contribution in [0.3, 0.4) is 0 Å². The molecule has 62 heavy (non-hydrogen) atoms. The Bertz CT molecular complexity index is 3240. The maximum Gasteiger partial charge on any atom is 0.0546 e. The van der Waals surface area contributed by atoms with Crippen molar-refractivity contribution in [3.8, 4) is 61.3 Å². The van der Waals surface area contributed by atoms with E-state index in [0.717, 1.165) is 28.3 Å². The summed E-state index contributed by atoms with van der Waals surface area (Å²) in [6, 6.07) is 92.0. The first-order chi connectivity index (χ1) is 30.8. The molecule has 292 valence electrons. The minimum Gasteiger partial charge on any atom is -0.310 e. The Labute approximate surface area is 362 Å². The summed E-state index contributed by atoms with van der Waals surface area (Å²) >= 11 is 0. The Kier molecular flexibility index (Phi) is 9.57. The lowest BCUT2D eigenvalue weighted by molar-refractivity contribution is 1.18. The van der Waals surface area contributed by atoms with E-state index >= 15 is 0 Å². The van der Waals surface area contributed by atoms with Gasteiger partial charge >= 0.3 is 0 Å². The van der Waals surface area contributed by atoms with E-state index in [-0.39, 0.29) is 0 Å². The largest absolute Gasteiger partial charge is 0.310 e. The van der Waals surface area contributed by atoms with Crippen molar-refractivity contribution in [3.05, 3.63) is 255 Å². The molecule has 0 fully saturated rings. The number of benzene rings is 10. The third-order valence-corrected chi connectivity index (χ3v) is 12.0. The van der Waals surface area contributed by atoms with Gasteiger partial charge in [0.1, 0.15) is 0 Å². The molecule has 0 atom stereocenters. The van der Waals surface area contributed by atoms with Gasteiger partial charge in [-0.25, -0.2) is 0 Å². The van der Waals surface area contributed by atoms with Gasteiger partial charge in [0.25, 0.3) is 0 Å². The molecule has 0 bridgehead atoms. The summed E-state index contributed by atoms with van der Waals surface area (Å²) in [5.41, 5.74) is 18.7. The molecule has 2 nitrogen and oxygen atoms in total. The van der Waals surface area contributed by atoms with Gasteiger partial charge in [-0.15, -0.1) is 0 Å². The number of hydrogen-bond donors (Lipinski definition) is 0. The molecule has 0 aliphatic heterocycles. The molecule has 0 unspecified atom stereocenters. The van der Waals surface area contributed by atoms with E-state index in [0.29, 0.717) is 0 Å². The molecule has 0 N–H and O–H groups in total. The van der Waals surface area contributed by atoms with E-state index in [1.807, 2.05) is 0 Å². The maximum absolute atomic E-state index is 2.44.